The minimum atomic E-state index is -0.103. The second-order valence-electron chi connectivity index (χ2n) is 17.0. The van der Waals surface area contributed by atoms with Crippen molar-refractivity contribution in [1.29, 1.82) is 0 Å². The van der Waals surface area contributed by atoms with Gasteiger partial charge in [0.05, 0.1) is 56.1 Å². The molecule has 5 heterocycles. The zero-order valence-corrected chi connectivity index (χ0v) is 35.1. The van der Waals surface area contributed by atoms with Crippen molar-refractivity contribution in [3.8, 4) is 17.3 Å². The molecule has 13 aromatic rings. The van der Waals surface area contributed by atoms with Crippen LogP contribution >= 0.6 is 0 Å². The number of para-hydroxylation sites is 7. The monoisotopic (exact) mass is 830 g/mol. The molecule has 0 saturated carbocycles. The molecular formula is C59H38N6. The molecule has 9 aromatic carbocycles. The average Bonchev–Trinajstić information content (AvgIpc) is 4.00. The van der Waals surface area contributed by atoms with E-state index >= 15 is 0 Å². The van der Waals surface area contributed by atoms with Crippen molar-refractivity contribution in [2.45, 2.75) is 5.92 Å². The first-order chi connectivity index (χ1) is 32.3. The van der Waals surface area contributed by atoms with Crippen LogP contribution in [0.2, 0.25) is 0 Å². The SMILES string of the molecule is c1ccc(N2c3ccccc3C(c3ccnc(-n4c5ccccc5c5cc6c7ccccc7n(-c7cccc(-n8c9ccccc9c9ccccc98)c7)c6cc54)n3)c3ccccc32)cc1. The molecule has 304 valence electrons. The summed E-state index contributed by atoms with van der Waals surface area (Å²) in [6.07, 6.45) is 1.93. The molecule has 0 amide bonds. The van der Waals surface area contributed by atoms with Crippen molar-refractivity contribution in [2.24, 2.45) is 0 Å². The number of nitrogens with zero attached hydrogens (tertiary/aromatic N) is 6. The number of aromatic nitrogens is 5. The normalized spacial score (nSPS) is 12.8. The molecule has 4 aromatic heterocycles. The Morgan fingerprint density at radius 1 is 0.323 bits per heavy atom. The Kier molecular flexibility index (Phi) is 7.65. The summed E-state index contributed by atoms with van der Waals surface area (Å²) in [7, 11) is 0. The third kappa shape index (κ3) is 5.22. The largest absolute Gasteiger partial charge is 0.310 e. The molecule has 0 atom stereocenters. The summed E-state index contributed by atoms with van der Waals surface area (Å²) in [4.78, 5) is 13.0. The van der Waals surface area contributed by atoms with E-state index in [1.165, 1.54) is 43.7 Å². The molecule has 0 spiro atoms. The Bertz CT molecular complexity index is 3940. The van der Waals surface area contributed by atoms with E-state index in [1.54, 1.807) is 0 Å². The lowest BCUT2D eigenvalue weighted by molar-refractivity contribution is 0.857. The molecule has 0 N–H and O–H groups in total. The lowest BCUT2D eigenvalue weighted by Crippen LogP contribution is -2.23. The standard InChI is InChI=1S/C59H38N6/c1-2-17-38(18-3-1)62-54-31-14-8-25-45(54)58(46-26-9-15-32-55(46)62)49-33-34-60-59(61-49)65-53-30-13-7-24-44(53)48-36-47-43-23-6-12-29-52(43)64(56(47)37-57(48)65)40-20-16-19-39(35-40)63-50-27-10-4-21-41(50)42-22-5-11-28-51(42)63/h1-37,58H. The van der Waals surface area contributed by atoms with Gasteiger partial charge in [-0.3, -0.25) is 4.57 Å². The highest BCUT2D eigenvalue weighted by Crippen LogP contribution is 2.51. The van der Waals surface area contributed by atoms with Gasteiger partial charge in [0.25, 0.3) is 0 Å². The van der Waals surface area contributed by atoms with Crippen LogP contribution < -0.4 is 4.90 Å². The van der Waals surface area contributed by atoms with Gasteiger partial charge in [-0.2, -0.15) is 0 Å². The number of fused-ring (bicyclic) bond motifs is 11. The van der Waals surface area contributed by atoms with E-state index in [1.807, 2.05) is 6.20 Å². The van der Waals surface area contributed by atoms with Gasteiger partial charge in [0.1, 0.15) is 0 Å². The second-order valence-corrected chi connectivity index (χ2v) is 17.0. The summed E-state index contributed by atoms with van der Waals surface area (Å²) in [5.41, 5.74) is 15.8. The quantitative estimate of drug-likeness (QED) is 0.174. The van der Waals surface area contributed by atoms with Gasteiger partial charge in [-0.05, 0) is 96.1 Å². The Balaban J connectivity index is 0.983. The molecular weight excluding hydrogens is 793 g/mol. The van der Waals surface area contributed by atoms with Gasteiger partial charge in [0.2, 0.25) is 5.95 Å². The van der Waals surface area contributed by atoms with Crippen LogP contribution in [0, 0.1) is 0 Å². The van der Waals surface area contributed by atoms with E-state index in [0.717, 1.165) is 67.0 Å². The van der Waals surface area contributed by atoms with Crippen molar-refractivity contribution in [3.05, 3.63) is 241 Å². The van der Waals surface area contributed by atoms with E-state index in [0.29, 0.717) is 5.95 Å². The summed E-state index contributed by atoms with van der Waals surface area (Å²) in [5.74, 6) is 0.540. The zero-order valence-electron chi connectivity index (χ0n) is 35.1. The highest BCUT2D eigenvalue weighted by molar-refractivity contribution is 6.19. The average molecular weight is 831 g/mol. The van der Waals surface area contributed by atoms with Crippen LogP contribution in [-0.4, -0.2) is 23.7 Å². The number of benzene rings is 9. The number of hydrogen-bond donors (Lipinski definition) is 0. The minimum absolute atomic E-state index is 0.103. The van der Waals surface area contributed by atoms with Gasteiger partial charge in [0.15, 0.2) is 0 Å². The molecule has 0 fully saturated rings. The third-order valence-electron chi connectivity index (χ3n) is 13.5. The Hall–Kier alpha value is -8.74. The van der Waals surface area contributed by atoms with Gasteiger partial charge in [-0.15, -0.1) is 0 Å². The van der Waals surface area contributed by atoms with Crippen molar-refractivity contribution >= 4 is 82.5 Å². The first-order valence-corrected chi connectivity index (χ1v) is 22.2. The highest BCUT2D eigenvalue weighted by atomic mass is 15.2. The topological polar surface area (TPSA) is 43.8 Å². The second kappa shape index (κ2) is 13.9. The fourth-order valence-corrected chi connectivity index (χ4v) is 10.9. The van der Waals surface area contributed by atoms with Gasteiger partial charge in [0, 0.05) is 55.6 Å². The van der Waals surface area contributed by atoms with E-state index in [9.17, 15) is 0 Å². The lowest BCUT2D eigenvalue weighted by atomic mass is 9.82. The van der Waals surface area contributed by atoms with E-state index in [2.05, 4.69) is 237 Å². The molecule has 0 aliphatic carbocycles. The van der Waals surface area contributed by atoms with Gasteiger partial charge in [-0.25, -0.2) is 9.97 Å². The molecule has 14 rings (SSSR count). The maximum Gasteiger partial charge on any atom is 0.234 e. The highest BCUT2D eigenvalue weighted by Gasteiger charge is 2.33. The first kappa shape index (κ1) is 35.8. The Labute approximate surface area is 374 Å². The molecule has 0 saturated heterocycles. The molecule has 1 aliphatic rings. The van der Waals surface area contributed by atoms with E-state index in [-0.39, 0.29) is 5.92 Å². The van der Waals surface area contributed by atoms with Crippen LogP contribution in [0.25, 0.3) is 82.7 Å². The summed E-state index contributed by atoms with van der Waals surface area (Å²) in [6, 6.07) is 78.8. The van der Waals surface area contributed by atoms with Crippen LogP contribution in [0.4, 0.5) is 17.1 Å². The summed E-state index contributed by atoms with van der Waals surface area (Å²) >= 11 is 0. The third-order valence-corrected chi connectivity index (χ3v) is 13.5. The summed E-state index contributed by atoms with van der Waals surface area (Å²) < 4.78 is 7.08. The van der Waals surface area contributed by atoms with Gasteiger partial charge >= 0.3 is 0 Å². The van der Waals surface area contributed by atoms with Gasteiger partial charge in [-0.1, -0.05) is 133 Å². The van der Waals surface area contributed by atoms with Crippen LogP contribution in [0.15, 0.2) is 225 Å². The van der Waals surface area contributed by atoms with Crippen molar-refractivity contribution in [1.82, 2.24) is 23.7 Å². The van der Waals surface area contributed by atoms with Crippen molar-refractivity contribution in [3.63, 3.8) is 0 Å². The summed E-state index contributed by atoms with van der Waals surface area (Å²) in [5, 5.41) is 7.23. The first-order valence-electron chi connectivity index (χ1n) is 22.2. The fourth-order valence-electron chi connectivity index (χ4n) is 10.9. The molecule has 6 heteroatoms. The van der Waals surface area contributed by atoms with E-state index in [4.69, 9.17) is 9.97 Å². The maximum atomic E-state index is 5.55. The number of rotatable bonds is 5. The minimum Gasteiger partial charge on any atom is -0.310 e. The van der Waals surface area contributed by atoms with Crippen molar-refractivity contribution < 1.29 is 0 Å². The Morgan fingerprint density at radius 2 is 0.769 bits per heavy atom. The van der Waals surface area contributed by atoms with Crippen LogP contribution in [-0.2, 0) is 0 Å². The molecule has 65 heavy (non-hydrogen) atoms. The number of anilines is 3. The van der Waals surface area contributed by atoms with Crippen LogP contribution in [0.3, 0.4) is 0 Å². The molecule has 1 aliphatic heterocycles. The predicted molar refractivity (Wildman–Crippen MR) is 267 cm³/mol. The molecule has 0 unspecified atom stereocenters. The van der Waals surface area contributed by atoms with Crippen LogP contribution in [0.1, 0.15) is 22.7 Å². The summed E-state index contributed by atoms with van der Waals surface area (Å²) in [6.45, 7) is 0. The molecule has 6 nitrogen and oxygen atoms in total. The Morgan fingerprint density at radius 3 is 1.35 bits per heavy atom. The van der Waals surface area contributed by atoms with Crippen molar-refractivity contribution in [2.75, 3.05) is 4.90 Å². The smallest absolute Gasteiger partial charge is 0.234 e. The number of hydrogen-bond acceptors (Lipinski definition) is 3. The van der Waals surface area contributed by atoms with Crippen LogP contribution in [0.5, 0.6) is 0 Å². The predicted octanol–water partition coefficient (Wildman–Crippen LogP) is 14.7. The fraction of sp³-hybridized carbons (Fsp3) is 0.0169. The van der Waals surface area contributed by atoms with E-state index < -0.39 is 0 Å². The maximum absolute atomic E-state index is 5.55. The van der Waals surface area contributed by atoms with Gasteiger partial charge < -0.3 is 14.0 Å². The lowest BCUT2D eigenvalue weighted by Gasteiger charge is -2.37. The molecule has 0 bridgehead atoms. The zero-order chi connectivity index (χ0) is 42.6. The molecule has 0 radical (unpaired) electrons.